The average molecular weight is 315 g/mol. The summed E-state index contributed by atoms with van der Waals surface area (Å²) in [4.78, 5) is 0. The molecule has 0 amide bonds. The minimum atomic E-state index is -4.20. The minimum absolute atomic E-state index is 0.0257. The first-order chi connectivity index (χ1) is 9.59. The highest BCUT2D eigenvalue weighted by Crippen LogP contribution is 2.43. The molecule has 1 aliphatic heterocycles. The molecule has 0 aliphatic carbocycles. The average Bonchev–Trinajstić information content (AvgIpc) is 2.57. The van der Waals surface area contributed by atoms with Crippen molar-refractivity contribution in [1.82, 2.24) is 4.72 Å². The Morgan fingerprint density at radius 2 is 2.10 bits per heavy atom. The number of benzene rings is 1. The third kappa shape index (κ3) is 3.74. The molecule has 7 heteroatoms. The minimum Gasteiger partial charge on any atom is -0.464 e. The van der Waals surface area contributed by atoms with Gasteiger partial charge in [0, 0.05) is 12.1 Å². The van der Waals surface area contributed by atoms with Crippen LogP contribution in [-0.4, -0.2) is 25.4 Å². The fourth-order valence-corrected chi connectivity index (χ4v) is 2.65. The van der Waals surface area contributed by atoms with E-state index in [2.05, 4.69) is 4.72 Å². The van der Waals surface area contributed by atoms with Crippen molar-refractivity contribution in [3.63, 3.8) is 0 Å². The summed E-state index contributed by atoms with van der Waals surface area (Å²) >= 11 is 0. The van der Waals surface area contributed by atoms with Crippen LogP contribution in [0.25, 0.3) is 0 Å². The number of hydrogen-bond acceptors (Lipinski definition) is 4. The molecule has 2 rings (SSSR count). The summed E-state index contributed by atoms with van der Waals surface area (Å²) in [6.07, 6.45) is -0.332. The summed E-state index contributed by atoms with van der Waals surface area (Å²) in [6.45, 7) is 7.96. The molecule has 1 aromatic carbocycles. The van der Waals surface area contributed by atoms with Gasteiger partial charge in [-0.3, -0.25) is 4.55 Å². The Balaban J connectivity index is 2.22. The highest BCUT2D eigenvalue weighted by atomic mass is 32.2. The lowest BCUT2D eigenvalue weighted by Gasteiger charge is -2.27. The smallest absolute Gasteiger partial charge is 0.333 e. The topological polar surface area (TPSA) is 84.9 Å². The first-order valence-corrected chi connectivity index (χ1v) is 8.21. The Labute approximate surface area is 125 Å². The van der Waals surface area contributed by atoms with Crippen LogP contribution in [0.1, 0.15) is 38.8 Å². The van der Waals surface area contributed by atoms with Crippen LogP contribution in [0.3, 0.4) is 0 Å². The third-order valence-corrected chi connectivity index (χ3v) is 3.93. The second kappa shape index (κ2) is 5.57. The molecule has 118 valence electrons. The number of rotatable bonds is 5. The summed E-state index contributed by atoms with van der Waals surface area (Å²) in [7, 11) is -4.20. The molecule has 0 spiro atoms. The van der Waals surface area contributed by atoms with E-state index in [0.29, 0.717) is 0 Å². The van der Waals surface area contributed by atoms with E-state index in [1.165, 1.54) is 0 Å². The number of nitrogens with one attached hydrogen (secondary N) is 1. The predicted molar refractivity (Wildman–Crippen MR) is 78.5 cm³/mol. The second-order valence-electron chi connectivity index (χ2n) is 5.98. The molecule has 1 aromatic rings. The molecular weight excluding hydrogens is 294 g/mol. The van der Waals surface area contributed by atoms with Crippen molar-refractivity contribution < 1.29 is 22.4 Å². The molecule has 21 heavy (non-hydrogen) atoms. The van der Waals surface area contributed by atoms with Gasteiger partial charge in [-0.05, 0) is 45.4 Å². The summed E-state index contributed by atoms with van der Waals surface area (Å²) in [5, 5.41) is 0. The summed E-state index contributed by atoms with van der Waals surface area (Å²) < 4.78 is 43.9. The van der Waals surface area contributed by atoms with Crippen LogP contribution in [0.15, 0.2) is 18.2 Å². The number of hydrogen-bond donors (Lipinski definition) is 2. The van der Waals surface area contributed by atoms with Crippen molar-refractivity contribution in [1.29, 1.82) is 0 Å². The van der Waals surface area contributed by atoms with Gasteiger partial charge in [0.15, 0.2) is 0 Å². The van der Waals surface area contributed by atoms with Gasteiger partial charge in [0.2, 0.25) is 6.29 Å². The lowest BCUT2D eigenvalue weighted by Crippen LogP contribution is -2.36. The highest BCUT2D eigenvalue weighted by Gasteiger charge is 2.43. The molecule has 1 heterocycles. The van der Waals surface area contributed by atoms with E-state index in [0.717, 1.165) is 16.9 Å². The maximum absolute atomic E-state index is 10.7. The van der Waals surface area contributed by atoms with Gasteiger partial charge in [-0.1, -0.05) is 6.07 Å². The van der Waals surface area contributed by atoms with Gasteiger partial charge in [-0.2, -0.15) is 13.1 Å². The Morgan fingerprint density at radius 3 is 2.67 bits per heavy atom. The standard InChI is InChI=1S/C14H21NO5S/c1-9(2)19-13-14(3,4)11-7-10(5-6-12(11)20-13)8-15-21(16,17)18/h5-7,9,13,15H,8H2,1-4H3,(H,16,17,18). The van der Waals surface area contributed by atoms with Crippen molar-refractivity contribution in [2.45, 2.75) is 52.0 Å². The first kappa shape index (κ1) is 16.2. The zero-order valence-electron chi connectivity index (χ0n) is 12.6. The predicted octanol–water partition coefficient (Wildman–Crippen LogP) is 2.00. The van der Waals surface area contributed by atoms with Crippen molar-refractivity contribution >= 4 is 10.3 Å². The Morgan fingerprint density at radius 1 is 1.43 bits per heavy atom. The van der Waals surface area contributed by atoms with E-state index in [-0.39, 0.29) is 24.4 Å². The van der Waals surface area contributed by atoms with Crippen LogP contribution >= 0.6 is 0 Å². The lowest BCUT2D eigenvalue weighted by atomic mass is 9.84. The summed E-state index contributed by atoms with van der Waals surface area (Å²) in [5.41, 5.74) is 1.37. The van der Waals surface area contributed by atoms with Crippen molar-refractivity contribution in [3.8, 4) is 5.75 Å². The fourth-order valence-electron chi connectivity index (χ4n) is 2.30. The van der Waals surface area contributed by atoms with Gasteiger partial charge < -0.3 is 9.47 Å². The normalized spacial score (nSPS) is 20.4. The summed E-state index contributed by atoms with van der Waals surface area (Å²) in [6, 6.07) is 5.42. The third-order valence-electron chi connectivity index (χ3n) is 3.42. The fraction of sp³-hybridized carbons (Fsp3) is 0.571. The maximum atomic E-state index is 10.7. The molecule has 6 nitrogen and oxygen atoms in total. The molecular formula is C14H21NO5S. The zero-order valence-corrected chi connectivity index (χ0v) is 13.4. The first-order valence-electron chi connectivity index (χ1n) is 6.77. The van der Waals surface area contributed by atoms with E-state index in [1.54, 1.807) is 12.1 Å². The molecule has 0 radical (unpaired) electrons. The molecule has 0 aromatic heterocycles. The molecule has 2 N–H and O–H groups in total. The lowest BCUT2D eigenvalue weighted by molar-refractivity contribution is -0.128. The largest absolute Gasteiger partial charge is 0.464 e. The monoisotopic (exact) mass is 315 g/mol. The molecule has 0 fully saturated rings. The van der Waals surface area contributed by atoms with Crippen molar-refractivity contribution in [3.05, 3.63) is 29.3 Å². The molecule has 0 bridgehead atoms. The van der Waals surface area contributed by atoms with E-state index < -0.39 is 10.3 Å². The highest BCUT2D eigenvalue weighted by molar-refractivity contribution is 7.83. The van der Waals surface area contributed by atoms with Crippen molar-refractivity contribution in [2.75, 3.05) is 0 Å². The zero-order chi connectivity index (χ0) is 15.8. The van der Waals surface area contributed by atoms with E-state index in [1.807, 2.05) is 33.8 Å². The number of ether oxygens (including phenoxy) is 2. The van der Waals surface area contributed by atoms with E-state index in [4.69, 9.17) is 14.0 Å². The van der Waals surface area contributed by atoms with Crippen LogP contribution < -0.4 is 9.46 Å². The van der Waals surface area contributed by atoms with Gasteiger partial charge in [0.1, 0.15) is 5.75 Å². The number of fused-ring (bicyclic) bond motifs is 1. The Hall–Kier alpha value is -1.15. The van der Waals surface area contributed by atoms with Gasteiger partial charge >= 0.3 is 10.3 Å². The molecule has 1 atom stereocenters. The van der Waals surface area contributed by atoms with Crippen LogP contribution in [0.5, 0.6) is 5.75 Å². The Bertz CT molecular complexity index is 624. The second-order valence-corrected chi connectivity index (χ2v) is 7.22. The Kier molecular flexibility index (Phi) is 4.30. The van der Waals surface area contributed by atoms with Crippen LogP contribution in [0.2, 0.25) is 0 Å². The van der Waals surface area contributed by atoms with E-state index in [9.17, 15) is 8.42 Å². The van der Waals surface area contributed by atoms with Crippen LogP contribution in [0, 0.1) is 0 Å². The van der Waals surface area contributed by atoms with Crippen LogP contribution in [0.4, 0.5) is 0 Å². The summed E-state index contributed by atoms with van der Waals surface area (Å²) in [5.74, 6) is 0.737. The van der Waals surface area contributed by atoms with Crippen molar-refractivity contribution in [2.24, 2.45) is 0 Å². The molecule has 0 saturated carbocycles. The molecule has 1 aliphatic rings. The van der Waals surface area contributed by atoms with Crippen LogP contribution in [-0.2, 0) is 27.0 Å². The van der Waals surface area contributed by atoms with E-state index >= 15 is 0 Å². The van der Waals surface area contributed by atoms with Gasteiger partial charge in [0.05, 0.1) is 11.5 Å². The quantitative estimate of drug-likeness (QED) is 0.812. The molecule has 1 unspecified atom stereocenters. The van der Waals surface area contributed by atoms with Gasteiger partial charge in [-0.25, -0.2) is 0 Å². The van der Waals surface area contributed by atoms with Gasteiger partial charge in [0.25, 0.3) is 0 Å². The van der Waals surface area contributed by atoms with Gasteiger partial charge in [-0.15, -0.1) is 0 Å². The SMILES string of the molecule is CC(C)OC1Oc2ccc(CNS(=O)(=O)O)cc2C1(C)C. The maximum Gasteiger partial charge on any atom is 0.333 e. The molecule has 0 saturated heterocycles.